The minimum Gasteiger partial charge on any atom is -0.507 e. The molecule has 2 saturated heterocycles. The Labute approximate surface area is 236 Å². The Balaban J connectivity index is 1.36. The molecule has 2 fully saturated rings. The topological polar surface area (TPSA) is 238 Å². The summed E-state index contributed by atoms with van der Waals surface area (Å²) in [5.74, 6) is -0.602. The molecular formula is C27H30O15. The lowest BCUT2D eigenvalue weighted by molar-refractivity contribution is -0.307. The first-order valence-electron chi connectivity index (χ1n) is 12.8. The van der Waals surface area contributed by atoms with Crippen LogP contribution >= 0.6 is 0 Å². The van der Waals surface area contributed by atoms with E-state index >= 15 is 0 Å². The van der Waals surface area contributed by atoms with Gasteiger partial charge >= 0.3 is 0 Å². The molecule has 9 atom stereocenters. The van der Waals surface area contributed by atoms with Gasteiger partial charge in [0.1, 0.15) is 71.0 Å². The van der Waals surface area contributed by atoms with E-state index in [1.165, 1.54) is 25.3 Å². The van der Waals surface area contributed by atoms with Crippen molar-refractivity contribution in [1.82, 2.24) is 0 Å². The second-order valence-corrected chi connectivity index (χ2v) is 9.89. The molecule has 0 spiro atoms. The van der Waals surface area contributed by atoms with Gasteiger partial charge in [0.15, 0.2) is 23.2 Å². The minimum absolute atomic E-state index is 0.0523. The van der Waals surface area contributed by atoms with Gasteiger partial charge in [0.2, 0.25) is 6.29 Å². The summed E-state index contributed by atoms with van der Waals surface area (Å²) in [4.78, 5) is 12.8. The highest BCUT2D eigenvalue weighted by Gasteiger charge is 2.46. The van der Waals surface area contributed by atoms with Crippen molar-refractivity contribution in [2.45, 2.75) is 55.3 Å². The van der Waals surface area contributed by atoms with Crippen LogP contribution in [0.3, 0.4) is 0 Å². The molecule has 0 radical (unpaired) electrons. The highest BCUT2D eigenvalue weighted by molar-refractivity contribution is 5.86. The lowest BCUT2D eigenvalue weighted by Gasteiger charge is -2.41. The third-order valence-electron chi connectivity index (χ3n) is 7.05. The van der Waals surface area contributed by atoms with Crippen molar-refractivity contribution in [3.63, 3.8) is 0 Å². The molecule has 3 aromatic rings. The number of aliphatic hydroxyl groups excluding tert-OH is 6. The Hall–Kier alpha value is -3.51. The van der Waals surface area contributed by atoms with E-state index in [-0.39, 0.29) is 40.6 Å². The van der Waals surface area contributed by atoms with Gasteiger partial charge in [-0.15, -0.1) is 0 Å². The number of rotatable bonds is 7. The first-order valence-corrected chi connectivity index (χ1v) is 12.8. The molecule has 2 aromatic carbocycles. The molecule has 2 unspecified atom stereocenters. The average molecular weight is 595 g/mol. The minimum atomic E-state index is -1.77. The molecule has 228 valence electrons. The van der Waals surface area contributed by atoms with Crippen molar-refractivity contribution in [2.24, 2.45) is 0 Å². The molecule has 8 N–H and O–H groups in total. The van der Waals surface area contributed by atoms with E-state index in [0.29, 0.717) is 5.56 Å². The van der Waals surface area contributed by atoms with Gasteiger partial charge in [-0.3, -0.25) is 4.79 Å². The van der Waals surface area contributed by atoms with Crippen molar-refractivity contribution in [3.05, 3.63) is 46.6 Å². The molecule has 2 aliphatic heterocycles. The average Bonchev–Trinajstić information content (AvgIpc) is 2.96. The zero-order valence-corrected chi connectivity index (χ0v) is 22.0. The van der Waals surface area contributed by atoms with Crippen molar-refractivity contribution in [1.29, 1.82) is 0 Å². The Morgan fingerprint density at radius 2 is 1.60 bits per heavy atom. The number of methoxy groups -OCH3 is 1. The second-order valence-electron chi connectivity index (χ2n) is 9.89. The molecule has 3 heterocycles. The lowest BCUT2D eigenvalue weighted by atomic mass is 9.99. The van der Waals surface area contributed by atoms with Gasteiger partial charge in [0, 0.05) is 23.8 Å². The van der Waals surface area contributed by atoms with Crippen LogP contribution in [0.25, 0.3) is 22.3 Å². The number of phenols is 2. The van der Waals surface area contributed by atoms with Gasteiger partial charge in [0.25, 0.3) is 0 Å². The largest absolute Gasteiger partial charge is 0.507 e. The van der Waals surface area contributed by atoms with Crippen LogP contribution in [0.1, 0.15) is 0 Å². The SMILES string of the molecule is COc1ccc(-c2cc(=O)c3c(O)cc(OC4O[C@H](COC5OC[C@H](O)[C@H](O)[C@H]5O)[C@@H](O)[C@H](O)[C@H]4O)cc3o2)cc1O. The smallest absolute Gasteiger partial charge is 0.229 e. The summed E-state index contributed by atoms with van der Waals surface area (Å²) in [6.07, 6.45) is -14.0. The molecule has 15 heteroatoms. The van der Waals surface area contributed by atoms with E-state index in [0.717, 1.165) is 12.1 Å². The van der Waals surface area contributed by atoms with Crippen molar-refractivity contribution < 1.29 is 69.0 Å². The Morgan fingerprint density at radius 1 is 0.857 bits per heavy atom. The number of aromatic hydroxyl groups is 2. The second kappa shape index (κ2) is 12.0. The summed E-state index contributed by atoms with van der Waals surface area (Å²) < 4.78 is 32.6. The van der Waals surface area contributed by atoms with Crippen LogP contribution in [0, 0.1) is 0 Å². The molecule has 42 heavy (non-hydrogen) atoms. The van der Waals surface area contributed by atoms with E-state index in [2.05, 4.69) is 0 Å². The number of benzene rings is 2. The van der Waals surface area contributed by atoms with Crippen LogP contribution in [0.2, 0.25) is 0 Å². The number of fused-ring (bicyclic) bond motifs is 1. The molecule has 0 amide bonds. The molecule has 0 bridgehead atoms. The van der Waals surface area contributed by atoms with Gasteiger partial charge in [-0.25, -0.2) is 0 Å². The maximum atomic E-state index is 12.8. The summed E-state index contributed by atoms with van der Waals surface area (Å²) in [6.45, 7) is -0.821. The molecule has 0 aliphatic carbocycles. The number of phenolic OH excluding ortho intramolecular Hbond substituents is 2. The Morgan fingerprint density at radius 3 is 2.31 bits per heavy atom. The van der Waals surface area contributed by atoms with Gasteiger partial charge in [-0.2, -0.15) is 0 Å². The number of hydrogen-bond donors (Lipinski definition) is 8. The summed E-state index contributed by atoms with van der Waals surface area (Å²) in [5, 5.41) is 81.3. The van der Waals surface area contributed by atoms with E-state index in [1.807, 2.05) is 0 Å². The molecule has 15 nitrogen and oxygen atoms in total. The Kier molecular flexibility index (Phi) is 8.56. The van der Waals surface area contributed by atoms with Crippen LogP contribution in [-0.4, -0.2) is 116 Å². The predicted octanol–water partition coefficient (Wildman–Crippen LogP) is -1.48. The fourth-order valence-corrected chi connectivity index (χ4v) is 4.70. The lowest BCUT2D eigenvalue weighted by Crippen LogP contribution is -2.61. The van der Waals surface area contributed by atoms with E-state index in [4.69, 9.17) is 28.1 Å². The molecule has 1 aromatic heterocycles. The highest BCUT2D eigenvalue weighted by Crippen LogP contribution is 2.35. The maximum absolute atomic E-state index is 12.8. The monoisotopic (exact) mass is 594 g/mol. The van der Waals surface area contributed by atoms with Crippen LogP contribution in [0.15, 0.2) is 45.6 Å². The van der Waals surface area contributed by atoms with Gasteiger partial charge < -0.3 is 69.0 Å². The number of hydrogen-bond acceptors (Lipinski definition) is 15. The third kappa shape index (κ3) is 5.74. The molecular weight excluding hydrogens is 564 g/mol. The van der Waals surface area contributed by atoms with Crippen molar-refractivity contribution >= 4 is 11.0 Å². The van der Waals surface area contributed by atoms with Crippen LogP contribution in [0.5, 0.6) is 23.0 Å². The summed E-state index contributed by atoms with van der Waals surface area (Å²) >= 11 is 0. The number of aliphatic hydroxyl groups is 6. The summed E-state index contributed by atoms with van der Waals surface area (Å²) in [7, 11) is 1.38. The first-order chi connectivity index (χ1) is 20.0. The maximum Gasteiger partial charge on any atom is 0.229 e. The third-order valence-corrected chi connectivity index (χ3v) is 7.05. The normalized spacial score (nSPS) is 31.6. The first kappa shape index (κ1) is 30.0. The summed E-state index contributed by atoms with van der Waals surface area (Å²) in [5.41, 5.74) is -0.379. The van der Waals surface area contributed by atoms with E-state index in [1.54, 1.807) is 6.07 Å². The molecule has 2 aliphatic rings. The van der Waals surface area contributed by atoms with Crippen molar-refractivity contribution in [3.8, 4) is 34.3 Å². The predicted molar refractivity (Wildman–Crippen MR) is 139 cm³/mol. The van der Waals surface area contributed by atoms with Crippen LogP contribution in [-0.2, 0) is 14.2 Å². The molecule has 0 saturated carbocycles. The molecule has 5 rings (SSSR count). The Bertz CT molecular complexity index is 1470. The fraction of sp³-hybridized carbons (Fsp3) is 0.444. The van der Waals surface area contributed by atoms with Gasteiger partial charge in [0.05, 0.1) is 20.3 Å². The van der Waals surface area contributed by atoms with E-state index < -0.39 is 73.1 Å². The van der Waals surface area contributed by atoms with Crippen LogP contribution < -0.4 is 14.9 Å². The number of ether oxygens (including phenoxy) is 5. The quantitative estimate of drug-likeness (QED) is 0.156. The standard InChI is InChI=1S/C27H30O15/c1-37-16-3-2-10(4-12(16)28)17-7-14(30)20-13(29)5-11(6-18(20)41-17)40-27-25(36)23(34)22(33)19(42-27)9-39-26-24(35)21(32)15(31)8-38-26/h2-7,15,19,21-29,31-36H,8-9H2,1H3/t15-,19+,21-,22+,23-,24+,25+,26?,27?/m0/s1. The summed E-state index contributed by atoms with van der Waals surface area (Å²) in [6, 6.07) is 7.78. The van der Waals surface area contributed by atoms with Gasteiger partial charge in [-0.1, -0.05) is 0 Å². The highest BCUT2D eigenvalue weighted by atomic mass is 16.7. The fourth-order valence-electron chi connectivity index (χ4n) is 4.70. The van der Waals surface area contributed by atoms with E-state index in [9.17, 15) is 45.6 Å². The zero-order valence-electron chi connectivity index (χ0n) is 22.0. The van der Waals surface area contributed by atoms with Crippen molar-refractivity contribution in [2.75, 3.05) is 20.3 Å². The zero-order chi connectivity index (χ0) is 30.3. The van der Waals surface area contributed by atoms with Gasteiger partial charge in [-0.05, 0) is 18.2 Å². The van der Waals surface area contributed by atoms with Crippen LogP contribution in [0.4, 0.5) is 0 Å².